The summed E-state index contributed by atoms with van der Waals surface area (Å²) in [5.74, 6) is -0.423. The van der Waals surface area contributed by atoms with Crippen molar-refractivity contribution in [1.82, 2.24) is 0 Å². The van der Waals surface area contributed by atoms with Gasteiger partial charge in [-0.15, -0.1) is 0 Å². The Kier molecular flexibility index (Phi) is 2.56. The zero-order chi connectivity index (χ0) is 7.40. The highest BCUT2D eigenvalue weighted by molar-refractivity contribution is 9.09. The average molecular weight is 209 g/mol. The van der Waals surface area contributed by atoms with Gasteiger partial charge in [0.1, 0.15) is 17.9 Å². The van der Waals surface area contributed by atoms with Gasteiger partial charge in [0.2, 0.25) is 0 Å². The summed E-state index contributed by atoms with van der Waals surface area (Å²) in [7, 11) is 0. The van der Waals surface area contributed by atoms with Crippen molar-refractivity contribution in [2.24, 2.45) is 0 Å². The van der Waals surface area contributed by atoms with Crippen molar-refractivity contribution in [3.05, 3.63) is 12.5 Å². The van der Waals surface area contributed by atoms with Crippen LogP contribution in [-0.4, -0.2) is 17.8 Å². The molecule has 0 saturated heterocycles. The summed E-state index contributed by atoms with van der Waals surface area (Å²) >= 11 is 2.92. The number of carbonyl (C=O) groups excluding carboxylic acids is 1. The van der Waals surface area contributed by atoms with Gasteiger partial charge in [-0.25, -0.2) is 0 Å². The first-order valence-corrected chi connectivity index (χ1v) is 3.66. The van der Waals surface area contributed by atoms with Crippen LogP contribution in [0.3, 0.4) is 0 Å². The van der Waals surface area contributed by atoms with Crippen LogP contribution in [0.2, 0.25) is 0 Å². The molecule has 0 unspecified atom stereocenters. The molecule has 1 aliphatic heterocycles. The molecule has 0 amide bonds. The molecule has 0 bridgehead atoms. The molecule has 0 aromatic rings. The number of hydrogen-bond acceptors (Lipinski definition) is 4. The third-order valence-corrected chi connectivity index (χ3v) is 1.23. The molecule has 0 atom stereocenters. The van der Waals surface area contributed by atoms with Crippen molar-refractivity contribution < 1.29 is 19.0 Å². The summed E-state index contributed by atoms with van der Waals surface area (Å²) in [6, 6.07) is 0. The molecule has 0 aliphatic carbocycles. The Morgan fingerprint density at radius 3 is 2.70 bits per heavy atom. The second kappa shape index (κ2) is 3.46. The molecular weight excluding hydrogens is 204 g/mol. The maximum Gasteiger partial charge on any atom is 0.407 e. The highest BCUT2D eigenvalue weighted by Crippen LogP contribution is 2.06. The van der Waals surface area contributed by atoms with Crippen LogP contribution in [0.1, 0.15) is 0 Å². The lowest BCUT2D eigenvalue weighted by atomic mass is 10.8. The minimum atomic E-state index is -0.898. The van der Waals surface area contributed by atoms with Gasteiger partial charge in [-0.2, -0.15) is 0 Å². The summed E-state index contributed by atoms with van der Waals surface area (Å²) in [6.07, 6.45) is 2.62. The molecule has 0 radical (unpaired) electrons. The van der Waals surface area contributed by atoms with Gasteiger partial charge in [-0.1, -0.05) is 15.9 Å². The first-order valence-electron chi connectivity index (χ1n) is 2.54. The van der Waals surface area contributed by atoms with E-state index in [0.717, 1.165) is 0 Å². The van der Waals surface area contributed by atoms with Crippen LogP contribution >= 0.6 is 15.9 Å². The Morgan fingerprint density at radius 1 is 1.60 bits per heavy atom. The van der Waals surface area contributed by atoms with E-state index in [1.807, 2.05) is 0 Å². The van der Waals surface area contributed by atoms with E-state index in [1.54, 1.807) is 0 Å². The van der Waals surface area contributed by atoms with Gasteiger partial charge in [-0.05, 0) is 0 Å². The lowest BCUT2D eigenvalue weighted by molar-refractivity contribution is -0.216. The third kappa shape index (κ3) is 1.91. The fraction of sp³-hybridized carbons (Fsp3) is 0.400. The molecular formula is C5H5BrO4. The molecule has 1 rings (SSSR count). The van der Waals surface area contributed by atoms with Gasteiger partial charge in [0.15, 0.2) is 0 Å². The van der Waals surface area contributed by atoms with Crippen LogP contribution in [0.25, 0.3) is 0 Å². The minimum absolute atomic E-state index is 0.135. The predicted octanol–water partition coefficient (Wildman–Crippen LogP) is 0.726. The summed E-state index contributed by atoms with van der Waals surface area (Å²) in [5, 5.41) is 0.135. The van der Waals surface area contributed by atoms with E-state index in [9.17, 15) is 4.79 Å². The zero-order valence-electron chi connectivity index (χ0n) is 4.95. The van der Waals surface area contributed by atoms with E-state index < -0.39 is 12.4 Å². The fourth-order valence-electron chi connectivity index (χ4n) is 0.419. The maximum absolute atomic E-state index is 10.5. The molecule has 0 aromatic carbocycles. The number of esters is 1. The van der Waals surface area contributed by atoms with Gasteiger partial charge in [0.05, 0.1) is 0 Å². The van der Waals surface area contributed by atoms with Crippen LogP contribution in [-0.2, 0) is 19.0 Å². The van der Waals surface area contributed by atoms with Crippen LogP contribution in [0.4, 0.5) is 0 Å². The first-order chi connectivity index (χ1) is 4.83. The highest BCUT2D eigenvalue weighted by Gasteiger charge is 2.16. The van der Waals surface area contributed by atoms with E-state index in [2.05, 4.69) is 30.1 Å². The Labute approximate surface area is 65.9 Å². The molecule has 10 heavy (non-hydrogen) atoms. The van der Waals surface area contributed by atoms with Gasteiger partial charge in [0.25, 0.3) is 0 Å². The Hall–Kier alpha value is -0.710. The number of carbonyl (C=O) groups is 1. The quantitative estimate of drug-likeness (QED) is 0.496. The van der Waals surface area contributed by atoms with Gasteiger partial charge >= 0.3 is 12.4 Å². The Morgan fingerprint density at radius 2 is 2.20 bits per heavy atom. The molecule has 0 N–H and O–H groups in total. The van der Waals surface area contributed by atoms with E-state index in [4.69, 9.17) is 0 Å². The van der Waals surface area contributed by atoms with Gasteiger partial charge in [-0.3, -0.25) is 4.79 Å². The second-order valence-electron chi connectivity index (χ2n) is 1.46. The van der Waals surface area contributed by atoms with Crippen molar-refractivity contribution in [3.63, 3.8) is 0 Å². The van der Waals surface area contributed by atoms with Crippen LogP contribution in [0.15, 0.2) is 12.5 Å². The molecule has 0 spiro atoms. The van der Waals surface area contributed by atoms with Crippen molar-refractivity contribution in [3.8, 4) is 0 Å². The lowest BCUT2D eigenvalue weighted by Gasteiger charge is -2.08. The highest BCUT2D eigenvalue weighted by atomic mass is 79.9. The van der Waals surface area contributed by atoms with Crippen LogP contribution in [0, 0.1) is 0 Å². The summed E-state index contributed by atoms with van der Waals surface area (Å²) in [4.78, 5) is 10.5. The normalized spacial score (nSPS) is 16.1. The number of ether oxygens (including phenoxy) is 3. The zero-order valence-corrected chi connectivity index (χ0v) is 6.54. The molecule has 0 saturated carbocycles. The fourth-order valence-corrected chi connectivity index (χ4v) is 0.551. The summed E-state index contributed by atoms with van der Waals surface area (Å²) < 4.78 is 13.9. The monoisotopic (exact) mass is 208 g/mol. The topological polar surface area (TPSA) is 44.8 Å². The summed E-state index contributed by atoms with van der Waals surface area (Å²) in [5.41, 5.74) is 0. The van der Waals surface area contributed by atoms with Gasteiger partial charge in [0, 0.05) is 0 Å². The molecule has 4 nitrogen and oxygen atoms in total. The Balaban J connectivity index is 2.19. The van der Waals surface area contributed by atoms with Crippen LogP contribution < -0.4 is 0 Å². The minimum Gasteiger partial charge on any atom is -0.428 e. The standard InChI is InChI=1S/C5H5BrO4/c6-3-4(7)10-5-8-1-2-9-5/h1-2,5H,3H2. The molecule has 0 aromatic heterocycles. The van der Waals surface area contributed by atoms with Crippen LogP contribution in [0.5, 0.6) is 0 Å². The average Bonchev–Trinajstić information content (AvgIpc) is 2.40. The van der Waals surface area contributed by atoms with E-state index in [0.29, 0.717) is 0 Å². The van der Waals surface area contributed by atoms with Crippen molar-refractivity contribution >= 4 is 21.9 Å². The number of hydrogen-bond donors (Lipinski definition) is 0. The molecule has 0 fully saturated rings. The molecule has 56 valence electrons. The first kappa shape index (κ1) is 7.40. The third-order valence-electron chi connectivity index (χ3n) is 0.772. The maximum atomic E-state index is 10.5. The number of alkyl halides is 1. The van der Waals surface area contributed by atoms with Gasteiger partial charge < -0.3 is 14.2 Å². The van der Waals surface area contributed by atoms with Crippen molar-refractivity contribution in [1.29, 1.82) is 0 Å². The lowest BCUT2D eigenvalue weighted by Crippen LogP contribution is -2.18. The molecule has 5 heteroatoms. The molecule has 1 aliphatic rings. The smallest absolute Gasteiger partial charge is 0.407 e. The summed E-state index contributed by atoms with van der Waals surface area (Å²) in [6.45, 7) is -0.898. The Bertz CT molecular complexity index is 148. The largest absolute Gasteiger partial charge is 0.428 e. The predicted molar refractivity (Wildman–Crippen MR) is 35.0 cm³/mol. The second-order valence-corrected chi connectivity index (χ2v) is 2.02. The van der Waals surface area contributed by atoms with Crippen molar-refractivity contribution in [2.45, 2.75) is 6.48 Å². The van der Waals surface area contributed by atoms with E-state index >= 15 is 0 Å². The SMILES string of the molecule is O=C(CBr)OC1OC=CO1. The van der Waals surface area contributed by atoms with Crippen molar-refractivity contribution in [2.75, 3.05) is 5.33 Å². The number of rotatable bonds is 2. The van der Waals surface area contributed by atoms with E-state index in [1.165, 1.54) is 12.5 Å². The molecule has 1 heterocycles. The number of halogens is 1. The van der Waals surface area contributed by atoms with E-state index in [-0.39, 0.29) is 5.33 Å².